The summed E-state index contributed by atoms with van der Waals surface area (Å²) in [4.78, 5) is 13.0. The summed E-state index contributed by atoms with van der Waals surface area (Å²) in [6.07, 6.45) is 0.992. The van der Waals surface area contributed by atoms with Crippen LogP contribution in [0.25, 0.3) is 0 Å². The van der Waals surface area contributed by atoms with Gasteiger partial charge in [0.15, 0.2) is 11.5 Å². The van der Waals surface area contributed by atoms with Crippen molar-refractivity contribution in [3.05, 3.63) is 34.6 Å². The Balaban J connectivity index is 2.55. The van der Waals surface area contributed by atoms with Crippen molar-refractivity contribution < 1.29 is 19.0 Å². The van der Waals surface area contributed by atoms with E-state index in [1.54, 1.807) is 12.1 Å². The highest BCUT2D eigenvalue weighted by Gasteiger charge is 2.23. The second-order valence-electron chi connectivity index (χ2n) is 6.02. The molecule has 0 amide bonds. The van der Waals surface area contributed by atoms with E-state index in [0.29, 0.717) is 28.7 Å². The third kappa shape index (κ3) is 3.34. The summed E-state index contributed by atoms with van der Waals surface area (Å²) in [5, 5.41) is 4.46. The van der Waals surface area contributed by atoms with Crippen LogP contribution in [0.15, 0.2) is 12.1 Å². The highest BCUT2D eigenvalue weighted by atomic mass is 16.5. The van der Waals surface area contributed by atoms with Gasteiger partial charge in [-0.25, -0.2) is 4.68 Å². The molecule has 0 aliphatic rings. The Morgan fingerprint density at radius 3 is 2.12 bits per heavy atom. The molecule has 1 aromatic carbocycles. The van der Waals surface area contributed by atoms with E-state index in [0.717, 1.165) is 23.4 Å². The quantitative estimate of drug-likeness (QED) is 0.797. The van der Waals surface area contributed by atoms with Crippen LogP contribution in [0.1, 0.15) is 53.5 Å². The number of benzene rings is 1. The average molecular weight is 346 g/mol. The average Bonchev–Trinajstić information content (AvgIpc) is 2.93. The van der Waals surface area contributed by atoms with Crippen LogP contribution in [0.2, 0.25) is 0 Å². The second kappa shape index (κ2) is 7.59. The van der Waals surface area contributed by atoms with Crippen molar-refractivity contribution in [3.8, 4) is 17.2 Å². The summed E-state index contributed by atoms with van der Waals surface area (Å²) in [7, 11) is 4.58. The van der Waals surface area contributed by atoms with Crippen LogP contribution in [-0.2, 0) is 0 Å². The zero-order chi connectivity index (χ0) is 18.7. The maximum Gasteiger partial charge on any atom is 0.278 e. The number of aromatic nitrogens is 2. The van der Waals surface area contributed by atoms with Gasteiger partial charge < -0.3 is 14.2 Å². The van der Waals surface area contributed by atoms with Gasteiger partial charge in [0.2, 0.25) is 5.75 Å². The zero-order valence-electron chi connectivity index (χ0n) is 16.0. The molecule has 6 heteroatoms. The first kappa shape index (κ1) is 18.8. The van der Waals surface area contributed by atoms with Crippen LogP contribution in [0, 0.1) is 13.8 Å². The molecule has 136 valence electrons. The maximum atomic E-state index is 13.0. The second-order valence-corrected chi connectivity index (χ2v) is 6.02. The molecule has 0 saturated heterocycles. The van der Waals surface area contributed by atoms with E-state index >= 15 is 0 Å². The van der Waals surface area contributed by atoms with E-state index in [9.17, 15) is 4.79 Å². The van der Waals surface area contributed by atoms with Gasteiger partial charge >= 0.3 is 0 Å². The van der Waals surface area contributed by atoms with Gasteiger partial charge in [0, 0.05) is 11.3 Å². The van der Waals surface area contributed by atoms with E-state index < -0.39 is 0 Å². The summed E-state index contributed by atoms with van der Waals surface area (Å²) >= 11 is 0. The smallest absolute Gasteiger partial charge is 0.278 e. The predicted octanol–water partition coefficient (Wildman–Crippen LogP) is 3.73. The van der Waals surface area contributed by atoms with Gasteiger partial charge in [-0.2, -0.15) is 5.10 Å². The Morgan fingerprint density at radius 1 is 1.12 bits per heavy atom. The molecule has 0 N–H and O–H groups in total. The molecule has 2 aromatic rings. The van der Waals surface area contributed by atoms with E-state index in [1.807, 2.05) is 13.8 Å². The molecule has 1 heterocycles. The summed E-state index contributed by atoms with van der Waals surface area (Å²) in [5.41, 5.74) is 3.30. The number of hydrogen-bond acceptors (Lipinski definition) is 5. The molecule has 0 radical (unpaired) electrons. The van der Waals surface area contributed by atoms with E-state index in [1.165, 1.54) is 26.0 Å². The molecule has 2 rings (SSSR count). The number of carbonyl (C=O) groups is 1. The van der Waals surface area contributed by atoms with Crippen LogP contribution in [0.4, 0.5) is 0 Å². The Hall–Kier alpha value is -2.50. The third-order valence-corrected chi connectivity index (χ3v) is 4.56. The number of ether oxygens (including phenoxy) is 3. The van der Waals surface area contributed by atoms with Crippen LogP contribution < -0.4 is 14.2 Å². The predicted molar refractivity (Wildman–Crippen MR) is 96.2 cm³/mol. The van der Waals surface area contributed by atoms with Crippen molar-refractivity contribution in [1.29, 1.82) is 0 Å². The fourth-order valence-corrected chi connectivity index (χ4v) is 3.10. The van der Waals surface area contributed by atoms with Crippen molar-refractivity contribution in [2.24, 2.45) is 0 Å². The van der Waals surface area contributed by atoms with Gasteiger partial charge in [0.1, 0.15) is 0 Å². The van der Waals surface area contributed by atoms with Crippen molar-refractivity contribution in [1.82, 2.24) is 9.78 Å². The molecule has 1 unspecified atom stereocenters. The lowest BCUT2D eigenvalue weighted by Crippen LogP contribution is -2.16. The fourth-order valence-electron chi connectivity index (χ4n) is 3.10. The molecule has 0 bridgehead atoms. The molecule has 25 heavy (non-hydrogen) atoms. The standard InChI is InChI=1S/C19H26N2O4/c1-8-11(2)17-12(3)20-21(13(17)4)19(22)14-9-15(23-5)18(25-7)16(10-14)24-6/h9-11H,8H2,1-7H3. The highest BCUT2D eigenvalue weighted by molar-refractivity contribution is 5.97. The van der Waals surface area contributed by atoms with Crippen molar-refractivity contribution in [2.75, 3.05) is 21.3 Å². The van der Waals surface area contributed by atoms with Crippen LogP contribution in [0.5, 0.6) is 17.2 Å². The first-order valence-electron chi connectivity index (χ1n) is 8.30. The lowest BCUT2D eigenvalue weighted by atomic mass is 9.97. The van der Waals surface area contributed by atoms with Crippen LogP contribution in [0.3, 0.4) is 0 Å². The van der Waals surface area contributed by atoms with Gasteiger partial charge in [0.05, 0.1) is 27.0 Å². The SMILES string of the molecule is CCC(C)c1c(C)nn(C(=O)c2cc(OC)c(OC)c(OC)c2)c1C. The van der Waals surface area contributed by atoms with E-state index in [2.05, 4.69) is 18.9 Å². The highest BCUT2D eigenvalue weighted by Crippen LogP contribution is 2.38. The molecule has 0 spiro atoms. The Bertz CT molecular complexity index is 755. The largest absolute Gasteiger partial charge is 0.493 e. The van der Waals surface area contributed by atoms with E-state index in [-0.39, 0.29) is 5.91 Å². The van der Waals surface area contributed by atoms with Gasteiger partial charge in [-0.1, -0.05) is 13.8 Å². The molecular weight excluding hydrogens is 320 g/mol. The van der Waals surface area contributed by atoms with Gasteiger partial charge in [-0.05, 0) is 43.9 Å². The summed E-state index contributed by atoms with van der Waals surface area (Å²) in [5.74, 6) is 1.45. The number of nitrogens with zero attached hydrogens (tertiary/aromatic N) is 2. The fraction of sp³-hybridized carbons (Fsp3) is 0.474. The number of hydrogen-bond donors (Lipinski definition) is 0. The molecule has 0 fully saturated rings. The summed E-state index contributed by atoms with van der Waals surface area (Å²) in [6, 6.07) is 3.28. The van der Waals surface area contributed by atoms with Gasteiger partial charge in [0.25, 0.3) is 5.91 Å². The Kier molecular flexibility index (Phi) is 5.72. The van der Waals surface area contributed by atoms with Crippen LogP contribution >= 0.6 is 0 Å². The third-order valence-electron chi connectivity index (χ3n) is 4.56. The summed E-state index contributed by atoms with van der Waals surface area (Å²) < 4.78 is 17.4. The molecule has 0 saturated carbocycles. The lowest BCUT2D eigenvalue weighted by Gasteiger charge is -2.14. The van der Waals surface area contributed by atoms with Crippen molar-refractivity contribution in [3.63, 3.8) is 0 Å². The molecule has 1 aromatic heterocycles. The number of rotatable bonds is 6. The molecular formula is C19H26N2O4. The van der Waals surface area contributed by atoms with Crippen LogP contribution in [-0.4, -0.2) is 37.0 Å². The Labute approximate surface area is 148 Å². The molecule has 1 atom stereocenters. The van der Waals surface area contributed by atoms with Gasteiger partial charge in [-0.15, -0.1) is 0 Å². The minimum atomic E-state index is -0.227. The topological polar surface area (TPSA) is 62.6 Å². The summed E-state index contributed by atoms with van der Waals surface area (Å²) in [6.45, 7) is 8.14. The number of aryl methyl sites for hydroxylation is 1. The van der Waals surface area contributed by atoms with Crippen molar-refractivity contribution in [2.45, 2.75) is 40.0 Å². The lowest BCUT2D eigenvalue weighted by molar-refractivity contribution is 0.0941. The van der Waals surface area contributed by atoms with Crippen molar-refractivity contribution >= 4 is 5.91 Å². The molecule has 6 nitrogen and oxygen atoms in total. The first-order valence-corrected chi connectivity index (χ1v) is 8.30. The minimum absolute atomic E-state index is 0.227. The van der Waals surface area contributed by atoms with Gasteiger partial charge in [-0.3, -0.25) is 4.79 Å². The Morgan fingerprint density at radius 2 is 1.68 bits per heavy atom. The molecule has 0 aliphatic heterocycles. The monoisotopic (exact) mass is 346 g/mol. The normalized spacial score (nSPS) is 12.0. The first-order chi connectivity index (χ1) is 11.9. The number of carbonyl (C=O) groups excluding carboxylic acids is 1. The zero-order valence-corrected chi connectivity index (χ0v) is 16.0. The number of methoxy groups -OCH3 is 3. The molecule has 0 aliphatic carbocycles. The van der Waals surface area contributed by atoms with E-state index in [4.69, 9.17) is 14.2 Å². The minimum Gasteiger partial charge on any atom is -0.493 e. The maximum absolute atomic E-state index is 13.0.